The molecule has 1 aromatic rings. The Morgan fingerprint density at radius 1 is 1.22 bits per heavy atom. The average Bonchev–Trinajstić information content (AvgIpc) is 2.97. The number of rotatable bonds is 7. The summed E-state index contributed by atoms with van der Waals surface area (Å²) in [5, 5.41) is 12.8. The number of hydrogen-bond acceptors (Lipinski definition) is 3. The molecule has 1 aliphatic heterocycles. The molecule has 0 amide bonds. The lowest BCUT2D eigenvalue weighted by Crippen LogP contribution is -2.27. The number of carboxylic acid groups (broad SMARTS) is 1. The molecule has 1 fully saturated rings. The zero-order valence-corrected chi connectivity index (χ0v) is 14.3. The molecule has 0 unspecified atom stereocenters. The SMILES string of the molecule is CC(=O)c1cc(CC(C)C)cc(C[C@H](C(=O)O)[C@H]2CCNC2)c1. The van der Waals surface area contributed by atoms with Gasteiger partial charge in [0.1, 0.15) is 0 Å². The van der Waals surface area contributed by atoms with E-state index in [0.717, 1.165) is 37.1 Å². The van der Waals surface area contributed by atoms with Crippen LogP contribution in [0.2, 0.25) is 0 Å². The van der Waals surface area contributed by atoms with Crippen molar-refractivity contribution in [2.75, 3.05) is 13.1 Å². The highest BCUT2D eigenvalue weighted by molar-refractivity contribution is 5.94. The summed E-state index contributed by atoms with van der Waals surface area (Å²) in [5.74, 6) is -0.427. The smallest absolute Gasteiger partial charge is 0.307 e. The topological polar surface area (TPSA) is 66.4 Å². The molecular formula is C19H27NO3. The van der Waals surface area contributed by atoms with E-state index in [-0.39, 0.29) is 17.6 Å². The number of ketones is 1. The maximum Gasteiger partial charge on any atom is 0.307 e. The van der Waals surface area contributed by atoms with E-state index < -0.39 is 5.97 Å². The van der Waals surface area contributed by atoms with Crippen molar-refractivity contribution in [2.24, 2.45) is 17.8 Å². The molecule has 0 aliphatic carbocycles. The van der Waals surface area contributed by atoms with Crippen molar-refractivity contribution in [3.8, 4) is 0 Å². The molecule has 0 saturated carbocycles. The second-order valence-electron chi connectivity index (χ2n) is 7.09. The first-order chi connectivity index (χ1) is 10.9. The summed E-state index contributed by atoms with van der Waals surface area (Å²) in [7, 11) is 0. The largest absolute Gasteiger partial charge is 0.481 e. The van der Waals surface area contributed by atoms with Crippen molar-refractivity contribution in [1.29, 1.82) is 0 Å². The van der Waals surface area contributed by atoms with Gasteiger partial charge in [-0.2, -0.15) is 0 Å². The standard InChI is InChI=1S/C19H27NO3/c1-12(2)6-14-7-15(9-17(8-14)13(3)21)10-18(19(22)23)16-4-5-20-11-16/h7-9,12,16,18,20H,4-6,10-11H2,1-3H3,(H,22,23)/t16-,18-/m0/s1. The molecule has 2 N–H and O–H groups in total. The van der Waals surface area contributed by atoms with E-state index in [1.165, 1.54) is 0 Å². The van der Waals surface area contributed by atoms with Gasteiger partial charge in [0, 0.05) is 5.56 Å². The number of aliphatic carboxylic acids is 1. The summed E-state index contributed by atoms with van der Waals surface area (Å²) in [5.41, 5.74) is 2.77. The third-order valence-corrected chi connectivity index (χ3v) is 4.54. The number of carbonyl (C=O) groups excluding carboxylic acids is 1. The van der Waals surface area contributed by atoms with Gasteiger partial charge in [-0.25, -0.2) is 0 Å². The lowest BCUT2D eigenvalue weighted by Gasteiger charge is -2.19. The Hall–Kier alpha value is -1.68. The number of benzene rings is 1. The zero-order valence-electron chi connectivity index (χ0n) is 14.3. The van der Waals surface area contributed by atoms with Gasteiger partial charge in [-0.05, 0) is 74.4 Å². The number of carbonyl (C=O) groups is 2. The van der Waals surface area contributed by atoms with E-state index in [1.807, 2.05) is 12.1 Å². The first kappa shape index (κ1) is 17.7. The van der Waals surface area contributed by atoms with Gasteiger partial charge in [0.25, 0.3) is 0 Å². The fraction of sp³-hybridized carbons (Fsp3) is 0.579. The van der Waals surface area contributed by atoms with Crippen LogP contribution in [-0.4, -0.2) is 29.9 Å². The Balaban J connectivity index is 2.26. The quantitative estimate of drug-likeness (QED) is 0.759. The molecular weight excluding hydrogens is 290 g/mol. The average molecular weight is 317 g/mol. The van der Waals surface area contributed by atoms with Crippen LogP contribution in [0.3, 0.4) is 0 Å². The van der Waals surface area contributed by atoms with Crippen LogP contribution < -0.4 is 5.32 Å². The normalized spacial score (nSPS) is 19.0. The second kappa shape index (κ2) is 7.73. The van der Waals surface area contributed by atoms with Crippen LogP contribution in [0.4, 0.5) is 0 Å². The highest BCUT2D eigenvalue weighted by Crippen LogP contribution is 2.25. The van der Waals surface area contributed by atoms with Crippen LogP contribution in [0.15, 0.2) is 18.2 Å². The van der Waals surface area contributed by atoms with Crippen molar-refractivity contribution in [1.82, 2.24) is 5.32 Å². The lowest BCUT2D eigenvalue weighted by atomic mass is 9.85. The third kappa shape index (κ3) is 4.90. The van der Waals surface area contributed by atoms with Crippen LogP contribution in [0.25, 0.3) is 0 Å². The Bertz CT molecular complexity index is 574. The Kier molecular flexibility index (Phi) is 5.94. The van der Waals surface area contributed by atoms with Crippen molar-refractivity contribution < 1.29 is 14.7 Å². The maximum atomic E-state index is 11.8. The molecule has 0 bridgehead atoms. The summed E-state index contributed by atoms with van der Waals surface area (Å²) in [4.78, 5) is 23.5. The van der Waals surface area contributed by atoms with Crippen LogP contribution in [0.1, 0.15) is 48.7 Å². The summed E-state index contributed by atoms with van der Waals surface area (Å²) < 4.78 is 0. The van der Waals surface area contributed by atoms with Crippen LogP contribution in [0.5, 0.6) is 0 Å². The van der Waals surface area contributed by atoms with Gasteiger partial charge in [0.2, 0.25) is 0 Å². The number of hydrogen-bond donors (Lipinski definition) is 2. The highest BCUT2D eigenvalue weighted by atomic mass is 16.4. The molecule has 1 aliphatic rings. The zero-order chi connectivity index (χ0) is 17.0. The van der Waals surface area contributed by atoms with Gasteiger partial charge < -0.3 is 10.4 Å². The van der Waals surface area contributed by atoms with E-state index in [1.54, 1.807) is 6.92 Å². The predicted octanol–water partition coefficient (Wildman–Crippen LogP) is 2.94. The fourth-order valence-corrected chi connectivity index (χ4v) is 3.40. The van der Waals surface area contributed by atoms with Gasteiger partial charge >= 0.3 is 5.97 Å². The molecule has 1 heterocycles. The van der Waals surface area contributed by atoms with E-state index in [0.29, 0.717) is 17.9 Å². The second-order valence-corrected chi connectivity index (χ2v) is 7.09. The molecule has 2 atom stereocenters. The molecule has 0 radical (unpaired) electrons. The number of carboxylic acids is 1. The van der Waals surface area contributed by atoms with Crippen molar-refractivity contribution >= 4 is 11.8 Å². The molecule has 2 rings (SSSR count). The van der Waals surface area contributed by atoms with Crippen molar-refractivity contribution in [3.63, 3.8) is 0 Å². The van der Waals surface area contributed by atoms with E-state index in [9.17, 15) is 14.7 Å². The van der Waals surface area contributed by atoms with E-state index in [2.05, 4.69) is 25.2 Å². The minimum Gasteiger partial charge on any atom is -0.481 e. The minimum absolute atomic E-state index is 0.0336. The summed E-state index contributed by atoms with van der Waals surface area (Å²) in [6.45, 7) is 7.51. The van der Waals surface area contributed by atoms with Crippen LogP contribution in [0, 0.1) is 17.8 Å². The molecule has 1 saturated heterocycles. The van der Waals surface area contributed by atoms with E-state index >= 15 is 0 Å². The first-order valence-electron chi connectivity index (χ1n) is 8.44. The van der Waals surface area contributed by atoms with Crippen molar-refractivity contribution in [2.45, 2.75) is 40.0 Å². The Labute approximate surface area is 138 Å². The molecule has 0 spiro atoms. The first-order valence-corrected chi connectivity index (χ1v) is 8.44. The van der Waals surface area contributed by atoms with Crippen LogP contribution >= 0.6 is 0 Å². The number of Topliss-reactive ketones (excluding diaryl/α,β-unsaturated/α-hetero) is 1. The Morgan fingerprint density at radius 3 is 2.35 bits per heavy atom. The summed E-state index contributed by atoms with van der Waals surface area (Å²) in [6, 6.07) is 5.88. The predicted molar refractivity (Wildman–Crippen MR) is 90.8 cm³/mol. The molecule has 4 nitrogen and oxygen atoms in total. The summed E-state index contributed by atoms with van der Waals surface area (Å²) in [6.07, 6.45) is 2.30. The third-order valence-electron chi connectivity index (χ3n) is 4.54. The molecule has 0 aromatic heterocycles. The van der Waals surface area contributed by atoms with E-state index in [4.69, 9.17) is 0 Å². The maximum absolute atomic E-state index is 11.8. The fourth-order valence-electron chi connectivity index (χ4n) is 3.40. The Morgan fingerprint density at radius 2 is 1.87 bits per heavy atom. The van der Waals surface area contributed by atoms with Gasteiger partial charge in [-0.3, -0.25) is 9.59 Å². The monoisotopic (exact) mass is 317 g/mol. The molecule has 1 aromatic carbocycles. The van der Waals surface area contributed by atoms with Gasteiger partial charge in [0.05, 0.1) is 5.92 Å². The number of nitrogens with one attached hydrogen (secondary N) is 1. The van der Waals surface area contributed by atoms with Crippen molar-refractivity contribution in [3.05, 3.63) is 34.9 Å². The highest BCUT2D eigenvalue weighted by Gasteiger charge is 2.30. The van der Waals surface area contributed by atoms with Gasteiger partial charge in [-0.15, -0.1) is 0 Å². The van der Waals surface area contributed by atoms with Gasteiger partial charge in [0.15, 0.2) is 5.78 Å². The van der Waals surface area contributed by atoms with Gasteiger partial charge in [-0.1, -0.05) is 19.9 Å². The summed E-state index contributed by atoms with van der Waals surface area (Å²) >= 11 is 0. The minimum atomic E-state index is -0.739. The molecule has 23 heavy (non-hydrogen) atoms. The molecule has 4 heteroatoms. The molecule has 126 valence electrons. The lowest BCUT2D eigenvalue weighted by molar-refractivity contribution is -0.143. The van der Waals surface area contributed by atoms with Crippen LogP contribution in [-0.2, 0) is 17.6 Å².